The third kappa shape index (κ3) is 2.13. The van der Waals surface area contributed by atoms with E-state index in [9.17, 15) is 14.3 Å². The van der Waals surface area contributed by atoms with E-state index < -0.39 is 5.82 Å². The summed E-state index contributed by atoms with van der Waals surface area (Å²) < 4.78 is 13.4. The number of nitrogens with one attached hydrogen (secondary N) is 1. The van der Waals surface area contributed by atoms with E-state index in [1.54, 1.807) is 13.0 Å². The van der Waals surface area contributed by atoms with E-state index in [0.29, 0.717) is 23.3 Å². The van der Waals surface area contributed by atoms with Crippen LogP contribution in [0.1, 0.15) is 24.5 Å². The van der Waals surface area contributed by atoms with Gasteiger partial charge in [-0.2, -0.15) is 5.10 Å². The summed E-state index contributed by atoms with van der Waals surface area (Å²) in [6, 6.07) is 2.89. The monoisotopic (exact) mass is 236 g/mol. The van der Waals surface area contributed by atoms with Crippen molar-refractivity contribution in [3.05, 3.63) is 29.1 Å². The van der Waals surface area contributed by atoms with Crippen LogP contribution in [-0.4, -0.2) is 16.7 Å². The van der Waals surface area contributed by atoms with E-state index in [1.165, 1.54) is 6.07 Å². The van der Waals surface area contributed by atoms with Gasteiger partial charge in [0, 0.05) is 17.9 Å². The lowest BCUT2D eigenvalue weighted by Gasteiger charge is -2.19. The molecule has 1 aromatic carbocycles. The topological polar surface area (TPSA) is 61.7 Å². The maximum atomic E-state index is 13.4. The summed E-state index contributed by atoms with van der Waals surface area (Å²) in [5, 5.41) is 13.3. The lowest BCUT2D eigenvalue weighted by Crippen LogP contribution is -2.32. The van der Waals surface area contributed by atoms with Crippen LogP contribution in [0.4, 0.5) is 4.39 Å². The van der Waals surface area contributed by atoms with E-state index in [4.69, 9.17) is 0 Å². The van der Waals surface area contributed by atoms with Crippen LogP contribution in [-0.2, 0) is 4.79 Å². The number of aryl methyl sites for hydroxylation is 1. The molecule has 1 aliphatic rings. The zero-order valence-electron chi connectivity index (χ0n) is 9.62. The predicted octanol–water partition coefficient (Wildman–Crippen LogP) is 1.70. The average molecular weight is 236 g/mol. The molecule has 0 saturated heterocycles. The first-order valence-electron chi connectivity index (χ1n) is 5.35. The minimum atomic E-state index is -0.674. The Morgan fingerprint density at radius 2 is 2.24 bits per heavy atom. The van der Waals surface area contributed by atoms with Crippen molar-refractivity contribution in [3.8, 4) is 5.75 Å². The number of hydrogen-bond donors (Lipinski definition) is 2. The highest BCUT2D eigenvalue weighted by molar-refractivity contribution is 6.05. The Balaban J connectivity index is 2.44. The van der Waals surface area contributed by atoms with Gasteiger partial charge >= 0.3 is 0 Å². The second-order valence-electron chi connectivity index (χ2n) is 4.26. The van der Waals surface area contributed by atoms with Gasteiger partial charge in [0.05, 0.1) is 5.71 Å². The number of rotatable bonds is 1. The first-order valence-corrected chi connectivity index (χ1v) is 5.35. The van der Waals surface area contributed by atoms with Gasteiger partial charge in [0.25, 0.3) is 0 Å². The normalized spacial score (nSPS) is 19.8. The number of hydrazone groups is 1. The molecule has 0 radical (unpaired) electrons. The van der Waals surface area contributed by atoms with Gasteiger partial charge in [0.2, 0.25) is 5.91 Å². The van der Waals surface area contributed by atoms with E-state index in [0.717, 1.165) is 0 Å². The van der Waals surface area contributed by atoms with Crippen molar-refractivity contribution < 1.29 is 14.3 Å². The molecule has 1 unspecified atom stereocenters. The zero-order chi connectivity index (χ0) is 12.6. The van der Waals surface area contributed by atoms with Gasteiger partial charge in [-0.3, -0.25) is 4.79 Å². The minimum Gasteiger partial charge on any atom is -0.505 e. The highest BCUT2D eigenvalue weighted by Gasteiger charge is 2.22. The van der Waals surface area contributed by atoms with Crippen molar-refractivity contribution in [2.45, 2.75) is 20.3 Å². The van der Waals surface area contributed by atoms with E-state index >= 15 is 0 Å². The molecule has 90 valence electrons. The van der Waals surface area contributed by atoms with Crippen LogP contribution in [0.15, 0.2) is 17.2 Å². The first-order chi connectivity index (χ1) is 7.99. The van der Waals surface area contributed by atoms with Crippen LogP contribution in [0.5, 0.6) is 5.75 Å². The molecule has 0 saturated carbocycles. The summed E-state index contributed by atoms with van der Waals surface area (Å²) in [6.45, 7) is 3.48. The second kappa shape index (κ2) is 4.16. The lowest BCUT2D eigenvalue weighted by molar-refractivity contribution is -0.121. The maximum Gasteiger partial charge on any atom is 0.240 e. The summed E-state index contributed by atoms with van der Waals surface area (Å²) >= 11 is 0. The summed E-state index contributed by atoms with van der Waals surface area (Å²) in [5.41, 5.74) is 4.05. The molecule has 0 bridgehead atoms. The third-order valence-electron chi connectivity index (χ3n) is 2.81. The summed E-state index contributed by atoms with van der Waals surface area (Å²) in [5.74, 6) is -1.22. The molecule has 5 heteroatoms. The number of amides is 1. The molecule has 2 N–H and O–H groups in total. The molecule has 0 aromatic heterocycles. The molecule has 0 fully saturated rings. The molecule has 1 amide bonds. The standard InChI is InChI=1S/C12H13FN2O2/c1-6-4-10(16)14-15-11(6)8-3-7(2)12(17)9(13)5-8/h3,5-6,17H,4H2,1-2H3,(H,14,16). The van der Waals surface area contributed by atoms with Crippen molar-refractivity contribution in [1.29, 1.82) is 0 Å². The Bertz CT molecular complexity index is 488. The molecule has 1 aliphatic heterocycles. The number of carbonyl (C=O) groups excluding carboxylic acids is 1. The van der Waals surface area contributed by atoms with Crippen LogP contribution in [0, 0.1) is 18.7 Å². The predicted molar refractivity (Wildman–Crippen MR) is 61.3 cm³/mol. The van der Waals surface area contributed by atoms with E-state index in [-0.39, 0.29) is 17.6 Å². The first kappa shape index (κ1) is 11.6. The largest absolute Gasteiger partial charge is 0.505 e. The van der Waals surface area contributed by atoms with Gasteiger partial charge in [0.15, 0.2) is 11.6 Å². The third-order valence-corrected chi connectivity index (χ3v) is 2.81. The number of phenolic OH excluding ortho intramolecular Hbond substituents is 1. The fraction of sp³-hybridized carbons (Fsp3) is 0.333. The fourth-order valence-electron chi connectivity index (χ4n) is 1.89. The van der Waals surface area contributed by atoms with Crippen LogP contribution in [0.3, 0.4) is 0 Å². The van der Waals surface area contributed by atoms with Gasteiger partial charge in [0.1, 0.15) is 0 Å². The smallest absolute Gasteiger partial charge is 0.240 e. The van der Waals surface area contributed by atoms with Gasteiger partial charge in [-0.25, -0.2) is 9.82 Å². The number of carbonyl (C=O) groups is 1. The van der Waals surface area contributed by atoms with Crippen molar-refractivity contribution in [2.24, 2.45) is 11.0 Å². The quantitative estimate of drug-likeness (QED) is 0.779. The minimum absolute atomic E-state index is 0.0629. The summed E-state index contributed by atoms with van der Waals surface area (Å²) in [6.07, 6.45) is 0.334. The van der Waals surface area contributed by atoms with Crippen molar-refractivity contribution in [1.82, 2.24) is 5.43 Å². The molecular formula is C12H13FN2O2. The maximum absolute atomic E-state index is 13.4. The van der Waals surface area contributed by atoms with Gasteiger partial charge in [-0.1, -0.05) is 6.92 Å². The number of benzene rings is 1. The number of nitrogens with zero attached hydrogens (tertiary/aromatic N) is 1. The van der Waals surface area contributed by atoms with Crippen molar-refractivity contribution >= 4 is 11.6 Å². The van der Waals surface area contributed by atoms with Gasteiger partial charge < -0.3 is 5.11 Å². The highest BCUT2D eigenvalue weighted by Crippen LogP contribution is 2.25. The Kier molecular flexibility index (Phi) is 2.83. The zero-order valence-corrected chi connectivity index (χ0v) is 9.62. The number of halogens is 1. The number of aromatic hydroxyl groups is 1. The molecule has 1 aromatic rings. The molecule has 1 heterocycles. The summed E-state index contributed by atoms with van der Waals surface area (Å²) in [4.78, 5) is 11.1. The Morgan fingerprint density at radius 3 is 2.82 bits per heavy atom. The number of hydrogen-bond acceptors (Lipinski definition) is 3. The average Bonchev–Trinajstić information content (AvgIpc) is 2.25. The summed E-state index contributed by atoms with van der Waals surface area (Å²) in [7, 11) is 0. The van der Waals surface area contributed by atoms with E-state index in [1.807, 2.05) is 6.92 Å². The van der Waals surface area contributed by atoms with Crippen LogP contribution in [0.2, 0.25) is 0 Å². The van der Waals surface area contributed by atoms with Gasteiger partial charge in [-0.05, 0) is 24.6 Å². The fourth-order valence-corrected chi connectivity index (χ4v) is 1.89. The SMILES string of the molecule is Cc1cc(C2=NNC(=O)CC2C)cc(F)c1O. The Hall–Kier alpha value is -1.91. The molecule has 1 atom stereocenters. The van der Waals surface area contributed by atoms with Crippen molar-refractivity contribution in [2.75, 3.05) is 0 Å². The molecule has 0 aliphatic carbocycles. The molecular weight excluding hydrogens is 223 g/mol. The van der Waals surface area contributed by atoms with Crippen molar-refractivity contribution in [3.63, 3.8) is 0 Å². The van der Waals surface area contributed by atoms with Gasteiger partial charge in [-0.15, -0.1) is 0 Å². The Morgan fingerprint density at radius 1 is 1.53 bits per heavy atom. The van der Waals surface area contributed by atoms with Crippen LogP contribution >= 0.6 is 0 Å². The molecule has 4 nitrogen and oxygen atoms in total. The van der Waals surface area contributed by atoms with E-state index in [2.05, 4.69) is 10.5 Å². The second-order valence-corrected chi connectivity index (χ2v) is 4.26. The highest BCUT2D eigenvalue weighted by atomic mass is 19.1. The molecule has 17 heavy (non-hydrogen) atoms. The lowest BCUT2D eigenvalue weighted by atomic mass is 9.93. The Labute approximate surface area is 98.2 Å². The van der Waals surface area contributed by atoms with Crippen LogP contribution < -0.4 is 5.43 Å². The molecule has 0 spiro atoms. The molecule has 2 rings (SSSR count). The number of phenols is 1. The van der Waals surface area contributed by atoms with Crippen LogP contribution in [0.25, 0.3) is 0 Å².